The Balaban J connectivity index is 1.45. The first-order valence-electron chi connectivity index (χ1n) is 8.69. The molecule has 1 unspecified atom stereocenters. The highest BCUT2D eigenvalue weighted by Gasteiger charge is 2.26. The second-order valence-corrected chi connectivity index (χ2v) is 6.58. The number of carboxylic acid groups (broad SMARTS) is 1. The molecule has 1 fully saturated rings. The molecule has 2 aromatic rings. The van der Waals surface area contributed by atoms with Gasteiger partial charge in [-0.1, -0.05) is 12.1 Å². The van der Waals surface area contributed by atoms with Crippen molar-refractivity contribution >= 4 is 11.9 Å². The van der Waals surface area contributed by atoms with Crippen molar-refractivity contribution in [2.75, 3.05) is 13.1 Å². The number of hydrogen-bond donors (Lipinski definition) is 1. The number of amides is 1. The molecule has 1 aromatic heterocycles. The Labute approximate surface area is 147 Å². The van der Waals surface area contributed by atoms with E-state index >= 15 is 0 Å². The number of aromatic nitrogens is 2. The first kappa shape index (κ1) is 17.2. The summed E-state index contributed by atoms with van der Waals surface area (Å²) in [6, 6.07) is 8.96. The Kier molecular flexibility index (Phi) is 5.48. The fourth-order valence-corrected chi connectivity index (χ4v) is 3.37. The second-order valence-electron chi connectivity index (χ2n) is 6.58. The van der Waals surface area contributed by atoms with Gasteiger partial charge in [0.25, 0.3) is 0 Å². The van der Waals surface area contributed by atoms with Crippen LogP contribution in [0.3, 0.4) is 0 Å². The molecule has 2 heterocycles. The first-order chi connectivity index (χ1) is 12.1. The summed E-state index contributed by atoms with van der Waals surface area (Å²) in [6.07, 6.45) is 6.78. The van der Waals surface area contributed by atoms with Gasteiger partial charge in [0.1, 0.15) is 0 Å². The van der Waals surface area contributed by atoms with E-state index in [1.54, 1.807) is 24.4 Å². The highest BCUT2D eigenvalue weighted by atomic mass is 16.4. The van der Waals surface area contributed by atoms with Crippen molar-refractivity contribution in [1.82, 2.24) is 14.7 Å². The van der Waals surface area contributed by atoms with Crippen LogP contribution in [-0.4, -0.2) is 44.8 Å². The third kappa shape index (κ3) is 4.68. The average molecular weight is 341 g/mol. The molecule has 1 atom stereocenters. The van der Waals surface area contributed by atoms with Gasteiger partial charge in [0, 0.05) is 38.4 Å². The minimum absolute atomic E-state index is 0.203. The molecule has 0 aliphatic carbocycles. The molecule has 25 heavy (non-hydrogen) atoms. The van der Waals surface area contributed by atoms with Crippen molar-refractivity contribution in [2.24, 2.45) is 5.92 Å². The molecule has 0 saturated carbocycles. The fraction of sp³-hybridized carbons (Fsp3) is 0.421. The molecule has 0 bridgehead atoms. The number of carbonyl (C=O) groups is 2. The van der Waals surface area contributed by atoms with Gasteiger partial charge in [-0.25, -0.2) is 4.79 Å². The summed E-state index contributed by atoms with van der Waals surface area (Å²) in [4.78, 5) is 25.3. The van der Waals surface area contributed by atoms with E-state index in [1.807, 2.05) is 27.9 Å². The Bertz CT molecular complexity index is 727. The van der Waals surface area contributed by atoms with Gasteiger partial charge in [-0.05, 0) is 48.9 Å². The summed E-state index contributed by atoms with van der Waals surface area (Å²) in [7, 11) is 0. The van der Waals surface area contributed by atoms with Crippen LogP contribution in [0.25, 0.3) is 0 Å². The number of likely N-dealkylation sites (tertiary alicyclic amines) is 1. The average Bonchev–Trinajstić information content (AvgIpc) is 3.27. The number of nitrogens with zero attached hydrogens (tertiary/aromatic N) is 3. The van der Waals surface area contributed by atoms with E-state index in [9.17, 15) is 9.59 Å². The van der Waals surface area contributed by atoms with Gasteiger partial charge in [-0.3, -0.25) is 9.48 Å². The predicted molar refractivity (Wildman–Crippen MR) is 93.3 cm³/mol. The molecule has 0 radical (unpaired) electrons. The molecule has 1 amide bonds. The van der Waals surface area contributed by atoms with Crippen LogP contribution < -0.4 is 0 Å². The molecule has 1 aromatic carbocycles. The van der Waals surface area contributed by atoms with Gasteiger partial charge in [-0.2, -0.15) is 5.10 Å². The summed E-state index contributed by atoms with van der Waals surface area (Å²) >= 11 is 0. The van der Waals surface area contributed by atoms with Gasteiger partial charge in [0.2, 0.25) is 5.91 Å². The van der Waals surface area contributed by atoms with Gasteiger partial charge < -0.3 is 10.0 Å². The van der Waals surface area contributed by atoms with Crippen LogP contribution in [0.1, 0.15) is 35.2 Å². The van der Waals surface area contributed by atoms with Gasteiger partial charge >= 0.3 is 5.97 Å². The van der Waals surface area contributed by atoms with Gasteiger partial charge in [-0.15, -0.1) is 0 Å². The van der Waals surface area contributed by atoms with Crippen molar-refractivity contribution in [3.8, 4) is 0 Å². The molecule has 1 aliphatic heterocycles. The lowest BCUT2D eigenvalue weighted by molar-refractivity contribution is -0.130. The lowest BCUT2D eigenvalue weighted by atomic mass is 9.97. The van der Waals surface area contributed by atoms with E-state index in [1.165, 1.54) is 0 Å². The van der Waals surface area contributed by atoms with E-state index in [2.05, 4.69) is 5.10 Å². The zero-order valence-electron chi connectivity index (χ0n) is 14.2. The number of aryl methyl sites for hydroxylation is 1. The maximum atomic E-state index is 12.3. The monoisotopic (exact) mass is 341 g/mol. The summed E-state index contributed by atoms with van der Waals surface area (Å²) in [5.41, 5.74) is 1.35. The molecule has 1 aliphatic rings. The molecule has 1 saturated heterocycles. The largest absolute Gasteiger partial charge is 0.478 e. The van der Waals surface area contributed by atoms with E-state index in [4.69, 9.17) is 5.11 Å². The summed E-state index contributed by atoms with van der Waals surface area (Å²) in [5, 5.41) is 13.2. The predicted octanol–water partition coefficient (Wildman–Crippen LogP) is 2.45. The molecular formula is C19H23N3O3. The molecular weight excluding hydrogens is 318 g/mol. The molecule has 6 nitrogen and oxygen atoms in total. The molecule has 132 valence electrons. The van der Waals surface area contributed by atoms with Crippen LogP contribution in [0.4, 0.5) is 0 Å². The Hall–Kier alpha value is -2.63. The van der Waals surface area contributed by atoms with Crippen LogP contribution >= 0.6 is 0 Å². The first-order valence-corrected chi connectivity index (χ1v) is 8.69. The van der Waals surface area contributed by atoms with Crippen molar-refractivity contribution in [2.45, 2.75) is 32.2 Å². The number of carbonyl (C=O) groups excluding carboxylic acids is 1. The van der Waals surface area contributed by atoms with E-state index in [0.29, 0.717) is 17.9 Å². The van der Waals surface area contributed by atoms with Crippen molar-refractivity contribution in [1.29, 1.82) is 0 Å². The lowest BCUT2D eigenvalue weighted by Gasteiger charge is -2.17. The molecule has 1 N–H and O–H groups in total. The zero-order chi connectivity index (χ0) is 17.6. The quantitative estimate of drug-likeness (QED) is 0.839. The Morgan fingerprint density at radius 1 is 1.28 bits per heavy atom. The van der Waals surface area contributed by atoms with Crippen LogP contribution in [0.15, 0.2) is 42.7 Å². The van der Waals surface area contributed by atoms with E-state index in [0.717, 1.165) is 44.5 Å². The number of rotatable bonds is 7. The van der Waals surface area contributed by atoms with Crippen LogP contribution in [0, 0.1) is 5.92 Å². The Morgan fingerprint density at radius 3 is 2.92 bits per heavy atom. The smallest absolute Gasteiger partial charge is 0.335 e. The number of aromatic carboxylic acids is 1. The van der Waals surface area contributed by atoms with E-state index in [-0.39, 0.29) is 5.91 Å². The summed E-state index contributed by atoms with van der Waals surface area (Å²) in [6.45, 7) is 2.32. The minimum Gasteiger partial charge on any atom is -0.478 e. The second kappa shape index (κ2) is 7.96. The standard InChI is InChI=1S/C19H23N3O3/c23-18(6-2-9-22-10-3-8-20-22)21-11-7-16(14-21)12-15-4-1-5-17(13-15)19(24)25/h1,3-5,8,10,13,16H,2,6-7,9,11-12,14H2,(H,24,25). The van der Waals surface area contributed by atoms with Crippen molar-refractivity contribution < 1.29 is 14.7 Å². The number of benzene rings is 1. The third-order valence-corrected chi connectivity index (χ3v) is 4.67. The van der Waals surface area contributed by atoms with Gasteiger partial charge in [0.05, 0.1) is 5.56 Å². The molecule has 6 heteroatoms. The highest BCUT2D eigenvalue weighted by Crippen LogP contribution is 2.22. The maximum absolute atomic E-state index is 12.3. The van der Waals surface area contributed by atoms with Crippen molar-refractivity contribution in [3.05, 3.63) is 53.9 Å². The summed E-state index contributed by atoms with van der Waals surface area (Å²) in [5.74, 6) is -0.296. The highest BCUT2D eigenvalue weighted by molar-refractivity contribution is 5.87. The SMILES string of the molecule is O=C(O)c1cccc(CC2CCN(C(=O)CCCn3cccn3)C2)c1. The maximum Gasteiger partial charge on any atom is 0.335 e. The number of hydrogen-bond acceptors (Lipinski definition) is 3. The topological polar surface area (TPSA) is 75.4 Å². The Morgan fingerprint density at radius 2 is 2.16 bits per heavy atom. The summed E-state index contributed by atoms with van der Waals surface area (Å²) < 4.78 is 1.84. The fourth-order valence-electron chi connectivity index (χ4n) is 3.37. The van der Waals surface area contributed by atoms with Crippen LogP contribution in [0.5, 0.6) is 0 Å². The normalized spacial score (nSPS) is 17.0. The number of carboxylic acids is 1. The van der Waals surface area contributed by atoms with Crippen LogP contribution in [0.2, 0.25) is 0 Å². The van der Waals surface area contributed by atoms with Gasteiger partial charge in [0.15, 0.2) is 0 Å². The van der Waals surface area contributed by atoms with E-state index < -0.39 is 5.97 Å². The third-order valence-electron chi connectivity index (χ3n) is 4.67. The molecule has 0 spiro atoms. The minimum atomic E-state index is -0.901. The lowest BCUT2D eigenvalue weighted by Crippen LogP contribution is -2.29. The van der Waals surface area contributed by atoms with Crippen molar-refractivity contribution in [3.63, 3.8) is 0 Å². The zero-order valence-corrected chi connectivity index (χ0v) is 14.2. The molecule has 3 rings (SSSR count). The van der Waals surface area contributed by atoms with Crippen LogP contribution in [-0.2, 0) is 17.8 Å².